The third-order valence-corrected chi connectivity index (χ3v) is 14.7. The third-order valence-electron chi connectivity index (χ3n) is 4.07. The van der Waals surface area contributed by atoms with Crippen molar-refractivity contribution >= 4 is 18.8 Å². The minimum absolute atomic E-state index is 1.06. The molecular weight excluding hydrogens is 339 g/mol. The van der Waals surface area contributed by atoms with Crippen LogP contribution in [0.4, 0.5) is 0 Å². The molecule has 0 atom stereocenters. The maximum atomic E-state index is 6.45. The van der Waals surface area contributed by atoms with Gasteiger partial charge in [0.25, 0.3) is 0 Å². The van der Waals surface area contributed by atoms with E-state index in [-0.39, 0.29) is 0 Å². The summed E-state index contributed by atoms with van der Waals surface area (Å²) < 4.78 is 9.34. The van der Waals surface area contributed by atoms with E-state index in [2.05, 4.69) is 25.7 Å². The molecule has 0 amide bonds. The van der Waals surface area contributed by atoms with Crippen LogP contribution in [0.2, 0.25) is 13.8 Å². The Hall–Kier alpha value is 0.759. The molecule has 116 valence electrons. The zero-order valence-electron chi connectivity index (χ0n) is 14.1. The molecule has 2 heteroatoms. The van der Waals surface area contributed by atoms with Gasteiger partial charge >= 0.3 is 127 Å². The molecule has 0 N–H and O–H groups in total. The van der Waals surface area contributed by atoms with Gasteiger partial charge in [0.05, 0.1) is 0 Å². The van der Waals surface area contributed by atoms with Crippen LogP contribution in [0.3, 0.4) is 0 Å². The monoisotopic (exact) mass is 378 g/mol. The van der Waals surface area contributed by atoms with Gasteiger partial charge in [-0.1, -0.05) is 0 Å². The van der Waals surface area contributed by atoms with Crippen LogP contribution in [0.5, 0.6) is 0 Å². The molecule has 0 aromatic rings. The molecule has 0 saturated heterocycles. The molecule has 0 aromatic carbocycles. The van der Waals surface area contributed by atoms with Crippen molar-refractivity contribution < 1.29 is 3.07 Å². The van der Waals surface area contributed by atoms with Gasteiger partial charge in [0.1, 0.15) is 0 Å². The van der Waals surface area contributed by atoms with Crippen molar-refractivity contribution in [2.45, 2.75) is 98.8 Å². The van der Waals surface area contributed by atoms with Gasteiger partial charge in [-0.05, 0) is 0 Å². The van der Waals surface area contributed by atoms with Crippen LogP contribution in [0.25, 0.3) is 0 Å². The molecule has 0 aliphatic heterocycles. The molecule has 0 aliphatic carbocycles. The topological polar surface area (TPSA) is 9.23 Å². The van der Waals surface area contributed by atoms with Gasteiger partial charge in [-0.3, -0.25) is 0 Å². The summed E-state index contributed by atoms with van der Waals surface area (Å²) in [6.45, 7) is 7.95. The molecule has 19 heavy (non-hydrogen) atoms. The zero-order valence-corrected chi connectivity index (χ0v) is 17.0. The summed E-state index contributed by atoms with van der Waals surface area (Å²) in [4.78, 5) is 2.54. The Labute approximate surface area is 127 Å². The van der Waals surface area contributed by atoms with Crippen molar-refractivity contribution in [2.75, 3.05) is 6.61 Å². The molecule has 0 spiro atoms. The first-order valence-electron chi connectivity index (χ1n) is 8.82. The fourth-order valence-electron chi connectivity index (χ4n) is 2.57. The number of hydrogen-bond donors (Lipinski definition) is 0. The van der Waals surface area contributed by atoms with Crippen LogP contribution in [0.15, 0.2) is 0 Å². The Morgan fingerprint density at radius 3 is 1.63 bits per heavy atom. The summed E-state index contributed by atoms with van der Waals surface area (Å²) in [6, 6.07) is 0. The summed E-state index contributed by atoms with van der Waals surface area (Å²) in [6.07, 6.45) is 13.7. The molecule has 0 unspecified atom stereocenters. The van der Waals surface area contributed by atoms with Crippen LogP contribution < -0.4 is 0 Å². The fraction of sp³-hybridized carbons (Fsp3) is 1.00. The van der Waals surface area contributed by atoms with Crippen molar-refractivity contribution in [1.82, 2.24) is 0 Å². The number of hydrogen-bond acceptors (Lipinski definition) is 1. The van der Waals surface area contributed by atoms with Crippen molar-refractivity contribution in [1.29, 1.82) is 0 Å². The minimum atomic E-state index is -2.14. The predicted octanol–water partition coefficient (Wildman–Crippen LogP) is 6.54. The van der Waals surface area contributed by atoms with E-state index in [4.69, 9.17) is 3.07 Å². The van der Waals surface area contributed by atoms with Gasteiger partial charge in [0, 0.05) is 0 Å². The second kappa shape index (κ2) is 13.7. The average molecular weight is 377 g/mol. The van der Waals surface area contributed by atoms with Gasteiger partial charge in [0.2, 0.25) is 0 Å². The summed E-state index contributed by atoms with van der Waals surface area (Å²) in [5.74, 6) is 0. The second-order valence-electron chi connectivity index (χ2n) is 6.27. The van der Waals surface area contributed by atoms with E-state index in [9.17, 15) is 0 Å². The van der Waals surface area contributed by atoms with Crippen LogP contribution in [-0.4, -0.2) is 25.4 Å². The van der Waals surface area contributed by atoms with Crippen molar-refractivity contribution in [3.05, 3.63) is 0 Å². The van der Waals surface area contributed by atoms with E-state index in [1.54, 1.807) is 0 Å². The Morgan fingerprint density at radius 1 is 0.632 bits per heavy atom. The Bertz CT molecular complexity index is 174. The van der Waals surface area contributed by atoms with E-state index < -0.39 is 18.8 Å². The van der Waals surface area contributed by atoms with Gasteiger partial charge < -0.3 is 0 Å². The van der Waals surface area contributed by atoms with Crippen molar-refractivity contribution in [3.8, 4) is 0 Å². The van der Waals surface area contributed by atoms with E-state index >= 15 is 0 Å². The molecule has 0 radical (unpaired) electrons. The first-order chi connectivity index (χ1) is 9.18. The first kappa shape index (κ1) is 19.8. The number of rotatable bonds is 14. The van der Waals surface area contributed by atoms with Crippen molar-refractivity contribution in [3.63, 3.8) is 0 Å². The molecular formula is C17H38OSn. The second-order valence-corrected chi connectivity index (χ2v) is 18.2. The average Bonchev–Trinajstić information content (AvgIpc) is 2.42. The first-order valence-corrected chi connectivity index (χ1v) is 16.9. The number of unbranched alkanes of at least 4 members (excludes halogenated alkanes) is 7. The Kier molecular flexibility index (Phi) is 14.3. The zero-order chi connectivity index (χ0) is 14.4. The fourth-order valence-corrected chi connectivity index (χ4v) is 12.2. The SMILES string of the molecule is CCCCCCCC[O][Sn]([CH3])([CH2]CCC)[CH2]CCC. The summed E-state index contributed by atoms with van der Waals surface area (Å²) >= 11 is -2.14. The third kappa shape index (κ3) is 12.2. The molecule has 0 bridgehead atoms. The van der Waals surface area contributed by atoms with E-state index in [0.717, 1.165) is 6.61 Å². The van der Waals surface area contributed by atoms with E-state index in [0.29, 0.717) is 0 Å². The van der Waals surface area contributed by atoms with Gasteiger partial charge in [-0.25, -0.2) is 0 Å². The Balaban J connectivity index is 3.72. The molecule has 0 fully saturated rings. The molecule has 0 heterocycles. The van der Waals surface area contributed by atoms with Gasteiger partial charge in [-0.15, -0.1) is 0 Å². The normalized spacial score (nSPS) is 12.0. The standard InChI is InChI=1S/C8H17O.2C4H9.CH3.Sn/c1-2-3-4-5-6-7-8-9;2*1-3-4-2;;/h2-8H2,1H3;2*1,3-4H2,2H3;1H3;/q-1;;;;+1. The summed E-state index contributed by atoms with van der Waals surface area (Å²) in [5, 5.41) is 0. The van der Waals surface area contributed by atoms with Gasteiger partial charge in [0.15, 0.2) is 0 Å². The quantitative estimate of drug-likeness (QED) is 0.247. The van der Waals surface area contributed by atoms with Gasteiger partial charge in [-0.2, -0.15) is 0 Å². The van der Waals surface area contributed by atoms with Crippen molar-refractivity contribution in [2.24, 2.45) is 0 Å². The summed E-state index contributed by atoms with van der Waals surface area (Å²) in [5.41, 5.74) is 0. The van der Waals surface area contributed by atoms with E-state index in [1.807, 2.05) is 0 Å². The molecule has 0 saturated carbocycles. The molecule has 0 aliphatic rings. The van der Waals surface area contributed by atoms with Crippen LogP contribution in [-0.2, 0) is 3.07 Å². The molecule has 1 nitrogen and oxygen atoms in total. The summed E-state index contributed by atoms with van der Waals surface area (Å²) in [7, 11) is 0. The van der Waals surface area contributed by atoms with Crippen LogP contribution >= 0.6 is 0 Å². The van der Waals surface area contributed by atoms with Crippen LogP contribution in [0, 0.1) is 0 Å². The predicted molar refractivity (Wildman–Crippen MR) is 90.4 cm³/mol. The molecule has 0 aromatic heterocycles. The maximum absolute atomic E-state index is 6.45. The van der Waals surface area contributed by atoms with E-state index in [1.165, 1.54) is 73.1 Å². The molecule has 0 rings (SSSR count). The van der Waals surface area contributed by atoms with Crippen LogP contribution in [0.1, 0.15) is 85.0 Å². The Morgan fingerprint density at radius 2 is 1.11 bits per heavy atom.